The van der Waals surface area contributed by atoms with E-state index in [1.807, 2.05) is 0 Å². The zero-order valence-electron chi connectivity index (χ0n) is 14.5. The monoisotopic (exact) mass is 399 g/mol. The summed E-state index contributed by atoms with van der Waals surface area (Å²) in [6.07, 6.45) is 0.700. The van der Waals surface area contributed by atoms with Crippen molar-refractivity contribution in [3.05, 3.63) is 29.9 Å². The van der Waals surface area contributed by atoms with Gasteiger partial charge >= 0.3 is 12.1 Å². The van der Waals surface area contributed by atoms with Crippen molar-refractivity contribution in [2.45, 2.75) is 25.9 Å². The maximum Gasteiger partial charge on any atom is 0.471 e. The Bertz CT molecular complexity index is 1140. The summed E-state index contributed by atoms with van der Waals surface area (Å²) in [5.74, 6) is -0.0801. The molecule has 27 heavy (non-hydrogen) atoms. The molecule has 0 aromatic carbocycles. The standard InChI is InChI=1S/C16H16F3N5O2S/c1-9-14(23-27(2,25)8-10-3-4-10)24-6-5-11(7-12(24)20-9)13-21-15(26-22-13)16(17,18)19/h5-7,10H,3-4,8H2,1-2H3. The van der Waals surface area contributed by atoms with Crippen molar-refractivity contribution in [1.29, 1.82) is 0 Å². The summed E-state index contributed by atoms with van der Waals surface area (Å²) >= 11 is 0. The van der Waals surface area contributed by atoms with Crippen LogP contribution in [0.15, 0.2) is 27.2 Å². The van der Waals surface area contributed by atoms with Gasteiger partial charge in [-0.05, 0) is 37.8 Å². The summed E-state index contributed by atoms with van der Waals surface area (Å²) in [6, 6.07) is 3.08. The van der Waals surface area contributed by atoms with E-state index >= 15 is 0 Å². The molecule has 1 aliphatic rings. The number of imidazole rings is 1. The van der Waals surface area contributed by atoms with E-state index in [1.165, 1.54) is 12.1 Å². The first-order valence-corrected chi connectivity index (χ1v) is 10.3. The Hall–Kier alpha value is -2.43. The molecule has 4 rings (SSSR count). The Balaban J connectivity index is 1.73. The van der Waals surface area contributed by atoms with Crippen molar-refractivity contribution in [3.8, 4) is 11.4 Å². The molecule has 3 heterocycles. The predicted molar refractivity (Wildman–Crippen MR) is 92.0 cm³/mol. The Labute approximate surface area is 152 Å². The smallest absolute Gasteiger partial charge is 0.329 e. The lowest BCUT2D eigenvalue weighted by Gasteiger charge is -2.04. The Morgan fingerprint density at radius 1 is 1.37 bits per heavy atom. The van der Waals surface area contributed by atoms with E-state index in [1.54, 1.807) is 23.8 Å². The summed E-state index contributed by atoms with van der Waals surface area (Å²) in [5, 5.41) is 3.38. The fourth-order valence-electron chi connectivity index (χ4n) is 2.80. The van der Waals surface area contributed by atoms with Crippen LogP contribution in [0.2, 0.25) is 0 Å². The lowest BCUT2D eigenvalue weighted by molar-refractivity contribution is -0.159. The summed E-state index contributed by atoms with van der Waals surface area (Å²) in [4.78, 5) is 7.75. The molecule has 0 radical (unpaired) electrons. The molecule has 1 saturated carbocycles. The maximum atomic E-state index is 12.7. The van der Waals surface area contributed by atoms with Crippen molar-refractivity contribution in [2.75, 3.05) is 12.0 Å². The van der Waals surface area contributed by atoms with Gasteiger partial charge in [-0.25, -0.2) is 9.19 Å². The van der Waals surface area contributed by atoms with Gasteiger partial charge in [0.1, 0.15) is 5.65 Å². The highest BCUT2D eigenvalue weighted by Crippen LogP contribution is 2.33. The molecule has 0 bridgehead atoms. The van der Waals surface area contributed by atoms with Gasteiger partial charge in [0.25, 0.3) is 0 Å². The van der Waals surface area contributed by atoms with E-state index in [9.17, 15) is 17.4 Å². The van der Waals surface area contributed by atoms with E-state index in [0.29, 0.717) is 34.4 Å². The minimum atomic E-state index is -4.70. The predicted octanol–water partition coefficient (Wildman–Crippen LogP) is 3.85. The van der Waals surface area contributed by atoms with Gasteiger partial charge in [0.05, 0.1) is 15.4 Å². The Morgan fingerprint density at radius 3 is 2.74 bits per heavy atom. The largest absolute Gasteiger partial charge is 0.471 e. The molecule has 11 heteroatoms. The topological polar surface area (TPSA) is 85.7 Å². The number of hydrogen-bond donors (Lipinski definition) is 0. The van der Waals surface area contributed by atoms with Crippen LogP contribution >= 0.6 is 0 Å². The zero-order chi connectivity index (χ0) is 19.4. The van der Waals surface area contributed by atoms with Crippen LogP contribution in [0, 0.1) is 12.8 Å². The van der Waals surface area contributed by atoms with Gasteiger partial charge in [0, 0.05) is 23.8 Å². The number of fused-ring (bicyclic) bond motifs is 1. The van der Waals surface area contributed by atoms with Crippen molar-refractivity contribution in [2.24, 2.45) is 10.3 Å². The molecule has 0 aliphatic heterocycles. The highest BCUT2D eigenvalue weighted by atomic mass is 32.2. The normalized spacial score (nSPS) is 17.2. The van der Waals surface area contributed by atoms with Gasteiger partial charge in [-0.15, -0.1) is 0 Å². The van der Waals surface area contributed by atoms with Gasteiger partial charge < -0.3 is 4.52 Å². The van der Waals surface area contributed by atoms with Crippen LogP contribution in [0.5, 0.6) is 0 Å². The van der Waals surface area contributed by atoms with Gasteiger partial charge in [0.15, 0.2) is 5.82 Å². The summed E-state index contributed by atoms with van der Waals surface area (Å²) in [5.41, 5.74) is 1.36. The molecule has 7 nitrogen and oxygen atoms in total. The molecular formula is C16H16F3N5O2S. The highest BCUT2D eigenvalue weighted by molar-refractivity contribution is 7.93. The van der Waals surface area contributed by atoms with Crippen LogP contribution in [0.25, 0.3) is 17.0 Å². The second-order valence-electron chi connectivity index (χ2n) is 6.75. The van der Waals surface area contributed by atoms with Crippen LogP contribution < -0.4 is 0 Å². The average molecular weight is 399 g/mol. The summed E-state index contributed by atoms with van der Waals surface area (Å²) < 4.78 is 61.0. The fourth-order valence-corrected chi connectivity index (χ4v) is 4.66. The van der Waals surface area contributed by atoms with E-state index in [4.69, 9.17) is 0 Å². The molecule has 0 N–H and O–H groups in total. The molecule has 0 saturated heterocycles. The third-order valence-corrected chi connectivity index (χ3v) is 5.87. The van der Waals surface area contributed by atoms with Gasteiger partial charge in [0.2, 0.25) is 5.82 Å². The van der Waals surface area contributed by atoms with Crippen LogP contribution in [0.3, 0.4) is 0 Å². The lowest BCUT2D eigenvalue weighted by Crippen LogP contribution is -2.05. The maximum absolute atomic E-state index is 12.7. The molecule has 144 valence electrons. The number of halogens is 3. The van der Waals surface area contributed by atoms with E-state index in [2.05, 4.69) is 24.0 Å². The van der Waals surface area contributed by atoms with Crippen LogP contribution in [-0.2, 0) is 15.9 Å². The fraction of sp³-hybridized carbons (Fsp3) is 0.438. The molecule has 3 aromatic rings. The summed E-state index contributed by atoms with van der Waals surface area (Å²) in [7, 11) is -2.38. The first-order chi connectivity index (χ1) is 12.6. The molecule has 0 amide bonds. The minimum Gasteiger partial charge on any atom is -0.329 e. The van der Waals surface area contributed by atoms with Crippen LogP contribution in [-0.4, -0.2) is 35.7 Å². The van der Waals surface area contributed by atoms with Gasteiger partial charge in [-0.2, -0.15) is 22.5 Å². The summed E-state index contributed by atoms with van der Waals surface area (Å²) in [6.45, 7) is 1.74. The quantitative estimate of drug-likeness (QED) is 0.665. The second-order valence-corrected chi connectivity index (χ2v) is 9.18. The zero-order valence-corrected chi connectivity index (χ0v) is 15.3. The van der Waals surface area contributed by atoms with Crippen LogP contribution in [0.4, 0.5) is 19.0 Å². The molecule has 3 aromatic heterocycles. The van der Waals surface area contributed by atoms with E-state index in [0.717, 1.165) is 12.8 Å². The average Bonchev–Trinajstić information content (AvgIpc) is 3.11. The number of rotatable bonds is 4. The van der Waals surface area contributed by atoms with Crippen molar-refractivity contribution in [3.63, 3.8) is 0 Å². The first kappa shape index (κ1) is 18.0. The molecular weight excluding hydrogens is 383 g/mol. The number of hydrogen-bond acceptors (Lipinski definition) is 6. The Kier molecular flexibility index (Phi) is 4.02. The van der Waals surface area contributed by atoms with Crippen molar-refractivity contribution < 1.29 is 21.9 Å². The second kappa shape index (κ2) is 6.04. The molecule has 1 atom stereocenters. The van der Waals surface area contributed by atoms with Gasteiger partial charge in [-0.1, -0.05) is 5.16 Å². The Morgan fingerprint density at radius 2 is 2.11 bits per heavy atom. The highest BCUT2D eigenvalue weighted by Gasteiger charge is 2.38. The lowest BCUT2D eigenvalue weighted by atomic mass is 10.2. The minimum absolute atomic E-state index is 0.183. The van der Waals surface area contributed by atoms with Gasteiger partial charge in [-0.3, -0.25) is 4.40 Å². The van der Waals surface area contributed by atoms with E-state index in [-0.39, 0.29) is 5.82 Å². The number of aromatic nitrogens is 4. The molecule has 1 unspecified atom stereocenters. The van der Waals surface area contributed by atoms with Crippen LogP contribution in [0.1, 0.15) is 24.4 Å². The molecule has 1 aliphatic carbocycles. The van der Waals surface area contributed by atoms with Crippen molar-refractivity contribution >= 4 is 21.2 Å². The van der Waals surface area contributed by atoms with E-state index < -0.39 is 21.8 Å². The number of pyridine rings is 1. The first-order valence-electron chi connectivity index (χ1n) is 8.22. The SMILES string of the molecule is Cc1nc2cc(-c3noc(C(F)(F)F)n3)ccn2c1N=S(C)(=O)CC1CC1. The number of alkyl halides is 3. The van der Waals surface area contributed by atoms with Crippen molar-refractivity contribution in [1.82, 2.24) is 19.5 Å². The third-order valence-electron chi connectivity index (χ3n) is 4.22. The third kappa shape index (κ3) is 3.68. The number of aryl methyl sites for hydroxylation is 1. The number of nitrogens with zero attached hydrogens (tertiary/aromatic N) is 5. The molecule has 1 fully saturated rings. The molecule has 0 spiro atoms.